The van der Waals surface area contributed by atoms with Crippen LogP contribution in [0.3, 0.4) is 0 Å². The van der Waals surface area contributed by atoms with E-state index < -0.39 is 5.97 Å². The number of pyridine rings is 1. The molecule has 0 aliphatic heterocycles. The van der Waals surface area contributed by atoms with Crippen LogP contribution < -0.4 is 9.47 Å². The maximum Gasteiger partial charge on any atom is 0.303 e. The monoisotopic (exact) mass is 447 g/mol. The lowest BCUT2D eigenvalue weighted by Gasteiger charge is -2.12. The van der Waals surface area contributed by atoms with Gasteiger partial charge in [0.2, 0.25) is 0 Å². The van der Waals surface area contributed by atoms with Gasteiger partial charge in [-0.1, -0.05) is 42.5 Å². The molecule has 0 saturated heterocycles. The van der Waals surface area contributed by atoms with Crippen molar-refractivity contribution in [3.63, 3.8) is 0 Å². The predicted octanol–water partition coefficient (Wildman–Crippen LogP) is 5.68. The molecule has 1 N–H and O–H groups in total. The summed E-state index contributed by atoms with van der Waals surface area (Å²) in [5, 5.41) is 9.11. The average Bonchev–Trinajstić information content (AvgIpc) is 2.84. The van der Waals surface area contributed by atoms with Crippen LogP contribution in [-0.4, -0.2) is 29.8 Å². The number of aliphatic carboxylic acids is 1. The minimum absolute atomic E-state index is 0.0499. The molecule has 0 bridgehead atoms. The van der Waals surface area contributed by atoms with Crippen molar-refractivity contribution in [2.24, 2.45) is 0 Å². The van der Waals surface area contributed by atoms with E-state index in [2.05, 4.69) is 36.4 Å². The molecule has 0 spiro atoms. The van der Waals surface area contributed by atoms with E-state index >= 15 is 0 Å². The highest BCUT2D eigenvalue weighted by Crippen LogP contribution is 2.21. The van der Waals surface area contributed by atoms with Crippen LogP contribution in [0.2, 0.25) is 0 Å². The third-order valence-corrected chi connectivity index (χ3v) is 5.58. The Labute approximate surface area is 196 Å². The molecule has 33 heavy (non-hydrogen) atoms. The highest BCUT2D eigenvalue weighted by molar-refractivity contribution is 5.67. The van der Waals surface area contributed by atoms with Crippen LogP contribution in [0.25, 0.3) is 0 Å². The van der Waals surface area contributed by atoms with E-state index in [9.17, 15) is 4.79 Å². The Morgan fingerprint density at radius 2 is 1.55 bits per heavy atom. The fourth-order valence-electron chi connectivity index (χ4n) is 3.73. The first kappa shape index (κ1) is 24.3. The first-order valence-electron chi connectivity index (χ1n) is 11.6. The van der Waals surface area contributed by atoms with Crippen molar-refractivity contribution in [1.82, 2.24) is 4.98 Å². The number of ether oxygens (including phenoxy) is 2. The van der Waals surface area contributed by atoms with E-state index in [0.29, 0.717) is 18.8 Å². The number of rotatable bonds is 14. The molecule has 0 aliphatic rings. The van der Waals surface area contributed by atoms with Gasteiger partial charge in [-0.15, -0.1) is 0 Å². The van der Waals surface area contributed by atoms with Gasteiger partial charge in [-0.2, -0.15) is 0 Å². The van der Waals surface area contributed by atoms with Gasteiger partial charge in [-0.3, -0.25) is 9.78 Å². The molecule has 0 atom stereocenters. The van der Waals surface area contributed by atoms with Gasteiger partial charge < -0.3 is 14.6 Å². The molecule has 0 radical (unpaired) electrons. The highest BCUT2D eigenvalue weighted by atomic mass is 16.5. The Morgan fingerprint density at radius 3 is 2.27 bits per heavy atom. The van der Waals surface area contributed by atoms with Crippen molar-refractivity contribution in [3.05, 3.63) is 89.2 Å². The molecule has 3 aromatic rings. The summed E-state index contributed by atoms with van der Waals surface area (Å²) in [6.07, 6.45) is 6.21. The second-order valence-electron chi connectivity index (χ2n) is 8.13. The second-order valence-corrected chi connectivity index (χ2v) is 8.13. The van der Waals surface area contributed by atoms with E-state index in [4.69, 9.17) is 19.6 Å². The van der Waals surface area contributed by atoms with Crippen molar-refractivity contribution in [1.29, 1.82) is 0 Å². The summed E-state index contributed by atoms with van der Waals surface area (Å²) in [5.74, 6) is 0.746. The molecule has 2 aromatic carbocycles. The average molecular weight is 448 g/mol. The first-order chi connectivity index (χ1) is 16.1. The van der Waals surface area contributed by atoms with Gasteiger partial charge in [0.1, 0.15) is 11.5 Å². The molecular weight excluding hydrogens is 414 g/mol. The fraction of sp³-hybridized carbons (Fsp3) is 0.357. The van der Waals surface area contributed by atoms with Gasteiger partial charge in [-0.05, 0) is 73.9 Å². The van der Waals surface area contributed by atoms with Crippen molar-refractivity contribution >= 4 is 5.97 Å². The normalized spacial score (nSPS) is 10.7. The summed E-state index contributed by atoms with van der Waals surface area (Å²) in [5.41, 5.74) is 4.32. The van der Waals surface area contributed by atoms with Gasteiger partial charge in [0.05, 0.1) is 25.8 Å². The Bertz CT molecular complexity index is 987. The maximum absolute atomic E-state index is 11.1. The van der Waals surface area contributed by atoms with Crippen LogP contribution in [0.1, 0.15) is 48.2 Å². The van der Waals surface area contributed by atoms with E-state index in [-0.39, 0.29) is 6.42 Å². The zero-order valence-electron chi connectivity index (χ0n) is 19.3. The van der Waals surface area contributed by atoms with Crippen LogP contribution >= 0.6 is 0 Å². The lowest BCUT2D eigenvalue weighted by atomic mass is 10.1. The summed E-state index contributed by atoms with van der Waals surface area (Å²) >= 11 is 0. The first-order valence-corrected chi connectivity index (χ1v) is 11.6. The topological polar surface area (TPSA) is 68.7 Å². The smallest absolute Gasteiger partial charge is 0.303 e. The Balaban J connectivity index is 1.49. The molecule has 5 nitrogen and oxygen atoms in total. The van der Waals surface area contributed by atoms with E-state index in [1.165, 1.54) is 11.1 Å². The van der Waals surface area contributed by atoms with Crippen LogP contribution in [0, 0.1) is 0 Å². The molecule has 0 saturated carbocycles. The minimum atomic E-state index is -0.822. The summed E-state index contributed by atoms with van der Waals surface area (Å²) in [6.45, 7) is 0.589. The molecule has 174 valence electrons. The summed E-state index contributed by atoms with van der Waals surface area (Å²) in [4.78, 5) is 15.8. The van der Waals surface area contributed by atoms with Crippen molar-refractivity contribution < 1.29 is 19.4 Å². The van der Waals surface area contributed by atoms with Crippen LogP contribution in [0.15, 0.2) is 66.7 Å². The van der Waals surface area contributed by atoms with E-state index in [1.807, 2.05) is 30.3 Å². The number of aryl methyl sites for hydroxylation is 4. The summed E-state index contributed by atoms with van der Waals surface area (Å²) in [7, 11) is 1.67. The SMILES string of the molecule is COc1ccc(CCCCOc2ccc(CCCc3ccccc3)nc2CCC(=O)O)cc1. The van der Waals surface area contributed by atoms with Gasteiger partial charge in [0, 0.05) is 12.1 Å². The fourth-order valence-corrected chi connectivity index (χ4v) is 3.73. The van der Waals surface area contributed by atoms with Gasteiger partial charge in [0.15, 0.2) is 0 Å². The van der Waals surface area contributed by atoms with Crippen LogP contribution in [0.4, 0.5) is 0 Å². The van der Waals surface area contributed by atoms with Crippen molar-refractivity contribution in [2.75, 3.05) is 13.7 Å². The largest absolute Gasteiger partial charge is 0.497 e. The standard InChI is InChI=1S/C28H33NO4/c1-32-25-16-13-23(14-17-25)10-5-6-21-33-27-19-15-24(29-26(27)18-20-28(30)31)12-7-11-22-8-3-2-4-9-22/h2-4,8-9,13-17,19H,5-7,10-12,18,20-21H2,1H3,(H,30,31). The van der Waals surface area contributed by atoms with E-state index in [1.54, 1.807) is 7.11 Å². The zero-order valence-corrected chi connectivity index (χ0v) is 19.3. The van der Waals surface area contributed by atoms with Crippen molar-refractivity contribution in [3.8, 4) is 11.5 Å². The Morgan fingerprint density at radius 1 is 0.818 bits per heavy atom. The number of nitrogens with zero attached hydrogens (tertiary/aromatic N) is 1. The van der Waals surface area contributed by atoms with Crippen molar-refractivity contribution in [2.45, 2.75) is 51.4 Å². The lowest BCUT2D eigenvalue weighted by Crippen LogP contribution is -2.07. The highest BCUT2D eigenvalue weighted by Gasteiger charge is 2.10. The number of hydrogen-bond donors (Lipinski definition) is 1. The van der Waals surface area contributed by atoms with Gasteiger partial charge in [-0.25, -0.2) is 0 Å². The number of unbranched alkanes of at least 4 members (excludes halogenated alkanes) is 1. The number of benzene rings is 2. The zero-order chi connectivity index (χ0) is 23.3. The maximum atomic E-state index is 11.1. The Kier molecular flexibility index (Phi) is 9.77. The second kappa shape index (κ2) is 13.3. The number of methoxy groups -OCH3 is 1. The molecular formula is C28H33NO4. The molecule has 3 rings (SSSR count). The number of hydrogen-bond acceptors (Lipinski definition) is 4. The van der Waals surface area contributed by atoms with Crippen LogP contribution in [-0.2, 0) is 30.5 Å². The van der Waals surface area contributed by atoms with Gasteiger partial charge >= 0.3 is 5.97 Å². The molecule has 0 unspecified atom stereocenters. The third-order valence-electron chi connectivity index (χ3n) is 5.58. The molecule has 1 heterocycles. The molecule has 1 aromatic heterocycles. The lowest BCUT2D eigenvalue weighted by molar-refractivity contribution is -0.136. The number of carboxylic acid groups (broad SMARTS) is 1. The molecule has 0 amide bonds. The Hall–Kier alpha value is -3.34. The summed E-state index contributed by atoms with van der Waals surface area (Å²) < 4.78 is 11.2. The number of aromatic nitrogens is 1. The van der Waals surface area contributed by atoms with Crippen LogP contribution in [0.5, 0.6) is 11.5 Å². The predicted molar refractivity (Wildman–Crippen MR) is 130 cm³/mol. The number of carboxylic acids is 1. The van der Waals surface area contributed by atoms with Gasteiger partial charge in [0.25, 0.3) is 0 Å². The minimum Gasteiger partial charge on any atom is -0.497 e. The molecule has 0 aliphatic carbocycles. The number of carbonyl (C=O) groups is 1. The summed E-state index contributed by atoms with van der Waals surface area (Å²) in [6, 6.07) is 22.5. The molecule has 0 fully saturated rings. The quantitative estimate of drug-likeness (QED) is 0.322. The van der Waals surface area contributed by atoms with E-state index in [0.717, 1.165) is 55.7 Å². The molecule has 5 heteroatoms. The third kappa shape index (κ3) is 8.60.